The second-order valence-corrected chi connectivity index (χ2v) is 4.68. The SMILES string of the molecule is Cc1nn(C)c(C)c1C(=O)/C=C/c1cnn(C)c1C. The van der Waals surface area contributed by atoms with Gasteiger partial charge >= 0.3 is 0 Å². The molecular weight excluding hydrogens is 240 g/mol. The van der Waals surface area contributed by atoms with E-state index in [1.54, 1.807) is 27.7 Å². The van der Waals surface area contributed by atoms with E-state index in [1.165, 1.54) is 0 Å². The first-order valence-corrected chi connectivity index (χ1v) is 6.13. The van der Waals surface area contributed by atoms with Crippen LogP contribution in [0, 0.1) is 20.8 Å². The van der Waals surface area contributed by atoms with E-state index in [2.05, 4.69) is 10.2 Å². The molecule has 0 atom stereocenters. The Balaban J connectivity index is 2.29. The zero-order valence-corrected chi connectivity index (χ0v) is 11.9. The van der Waals surface area contributed by atoms with E-state index in [0.717, 1.165) is 22.6 Å². The molecule has 2 heterocycles. The number of ketones is 1. The highest BCUT2D eigenvalue weighted by Crippen LogP contribution is 2.15. The monoisotopic (exact) mass is 258 g/mol. The van der Waals surface area contributed by atoms with E-state index in [1.807, 2.05) is 34.9 Å². The van der Waals surface area contributed by atoms with Gasteiger partial charge in [0.15, 0.2) is 5.78 Å². The number of carbonyl (C=O) groups is 1. The molecule has 0 bridgehead atoms. The summed E-state index contributed by atoms with van der Waals surface area (Å²) < 4.78 is 3.51. The summed E-state index contributed by atoms with van der Waals surface area (Å²) in [6.45, 7) is 5.72. The van der Waals surface area contributed by atoms with E-state index < -0.39 is 0 Å². The number of aromatic nitrogens is 4. The lowest BCUT2D eigenvalue weighted by atomic mass is 10.1. The minimum absolute atomic E-state index is 0.0219. The molecule has 5 heteroatoms. The highest BCUT2D eigenvalue weighted by atomic mass is 16.1. The molecule has 2 aromatic rings. The minimum Gasteiger partial charge on any atom is -0.289 e. The Morgan fingerprint density at radius 1 is 1.16 bits per heavy atom. The van der Waals surface area contributed by atoms with Crippen molar-refractivity contribution in [1.82, 2.24) is 19.6 Å². The van der Waals surface area contributed by atoms with Crippen LogP contribution in [0.4, 0.5) is 0 Å². The summed E-state index contributed by atoms with van der Waals surface area (Å²) in [5, 5.41) is 8.40. The average molecular weight is 258 g/mol. The molecular formula is C14H18N4O. The van der Waals surface area contributed by atoms with Gasteiger partial charge in [0.25, 0.3) is 0 Å². The zero-order valence-electron chi connectivity index (χ0n) is 11.9. The van der Waals surface area contributed by atoms with Crippen LogP contribution in [0.2, 0.25) is 0 Å². The third kappa shape index (κ3) is 2.36. The van der Waals surface area contributed by atoms with Gasteiger partial charge in [0, 0.05) is 31.0 Å². The van der Waals surface area contributed by atoms with Gasteiger partial charge in [-0.1, -0.05) is 0 Å². The van der Waals surface area contributed by atoms with Crippen molar-refractivity contribution in [1.29, 1.82) is 0 Å². The van der Waals surface area contributed by atoms with Crippen LogP contribution in [-0.2, 0) is 14.1 Å². The van der Waals surface area contributed by atoms with Gasteiger partial charge in [0.1, 0.15) is 0 Å². The molecule has 0 aliphatic carbocycles. The fourth-order valence-electron chi connectivity index (χ4n) is 2.06. The van der Waals surface area contributed by atoms with Crippen LogP contribution >= 0.6 is 0 Å². The number of hydrogen-bond donors (Lipinski definition) is 0. The van der Waals surface area contributed by atoms with E-state index in [-0.39, 0.29) is 5.78 Å². The lowest BCUT2D eigenvalue weighted by Gasteiger charge is -1.97. The Bertz CT molecular complexity index is 661. The Labute approximate surface area is 112 Å². The van der Waals surface area contributed by atoms with Crippen LogP contribution < -0.4 is 0 Å². The van der Waals surface area contributed by atoms with Gasteiger partial charge in [-0.05, 0) is 32.9 Å². The molecule has 19 heavy (non-hydrogen) atoms. The van der Waals surface area contributed by atoms with Crippen LogP contribution in [0.25, 0.3) is 6.08 Å². The molecule has 0 aliphatic heterocycles. The number of allylic oxidation sites excluding steroid dienone is 1. The first kappa shape index (κ1) is 13.3. The standard InChI is InChI=1S/C14H18N4O/c1-9-14(11(3)18(5)16-9)13(19)7-6-12-8-15-17(4)10(12)2/h6-8H,1-5H3/b7-6+. The summed E-state index contributed by atoms with van der Waals surface area (Å²) in [6, 6.07) is 0. The summed E-state index contributed by atoms with van der Waals surface area (Å²) in [6.07, 6.45) is 5.14. The summed E-state index contributed by atoms with van der Waals surface area (Å²) in [4.78, 5) is 12.2. The molecule has 2 aromatic heterocycles. The maximum atomic E-state index is 12.2. The fraction of sp³-hybridized carbons (Fsp3) is 0.357. The van der Waals surface area contributed by atoms with Crippen LogP contribution in [0.5, 0.6) is 0 Å². The first-order chi connectivity index (χ1) is 8.91. The molecule has 0 saturated heterocycles. The number of hydrogen-bond acceptors (Lipinski definition) is 3. The van der Waals surface area contributed by atoms with Gasteiger partial charge in [0.05, 0.1) is 17.5 Å². The van der Waals surface area contributed by atoms with Crippen molar-refractivity contribution in [3.63, 3.8) is 0 Å². The van der Waals surface area contributed by atoms with Gasteiger partial charge in [-0.2, -0.15) is 10.2 Å². The van der Waals surface area contributed by atoms with Crippen molar-refractivity contribution in [3.05, 3.63) is 40.5 Å². The van der Waals surface area contributed by atoms with Gasteiger partial charge in [-0.25, -0.2) is 0 Å². The van der Waals surface area contributed by atoms with E-state index in [0.29, 0.717) is 5.56 Å². The maximum Gasteiger partial charge on any atom is 0.189 e. The van der Waals surface area contributed by atoms with Crippen molar-refractivity contribution >= 4 is 11.9 Å². The van der Waals surface area contributed by atoms with E-state index >= 15 is 0 Å². The molecule has 5 nitrogen and oxygen atoms in total. The number of carbonyl (C=O) groups excluding carboxylic acids is 1. The Morgan fingerprint density at radius 3 is 2.32 bits per heavy atom. The van der Waals surface area contributed by atoms with Gasteiger partial charge < -0.3 is 0 Å². The highest BCUT2D eigenvalue weighted by molar-refractivity contribution is 6.08. The molecule has 0 spiro atoms. The number of rotatable bonds is 3. The molecule has 100 valence electrons. The lowest BCUT2D eigenvalue weighted by molar-refractivity contribution is 0.104. The second kappa shape index (κ2) is 4.84. The van der Waals surface area contributed by atoms with Crippen molar-refractivity contribution in [3.8, 4) is 0 Å². The average Bonchev–Trinajstić information content (AvgIpc) is 2.79. The Kier molecular flexibility index (Phi) is 3.38. The topological polar surface area (TPSA) is 52.7 Å². The van der Waals surface area contributed by atoms with Gasteiger partial charge in [-0.15, -0.1) is 0 Å². The van der Waals surface area contributed by atoms with Crippen LogP contribution in [0.3, 0.4) is 0 Å². The minimum atomic E-state index is -0.0219. The summed E-state index contributed by atoms with van der Waals surface area (Å²) in [5.74, 6) is -0.0219. The predicted octanol–water partition coefficient (Wildman–Crippen LogP) is 1.97. The third-order valence-corrected chi connectivity index (χ3v) is 3.44. The van der Waals surface area contributed by atoms with Crippen molar-refractivity contribution in [2.45, 2.75) is 20.8 Å². The normalized spacial score (nSPS) is 11.4. The van der Waals surface area contributed by atoms with Crippen molar-refractivity contribution < 1.29 is 4.79 Å². The molecule has 0 unspecified atom stereocenters. The third-order valence-electron chi connectivity index (χ3n) is 3.44. The molecule has 0 amide bonds. The number of nitrogens with zero attached hydrogens (tertiary/aromatic N) is 4. The van der Waals surface area contributed by atoms with Crippen LogP contribution in [0.1, 0.15) is 33.0 Å². The molecule has 0 fully saturated rings. The highest BCUT2D eigenvalue weighted by Gasteiger charge is 2.14. The quantitative estimate of drug-likeness (QED) is 0.625. The van der Waals surface area contributed by atoms with E-state index in [9.17, 15) is 4.79 Å². The van der Waals surface area contributed by atoms with Crippen molar-refractivity contribution in [2.24, 2.45) is 14.1 Å². The van der Waals surface area contributed by atoms with E-state index in [4.69, 9.17) is 0 Å². The molecule has 2 rings (SSSR count). The zero-order chi connectivity index (χ0) is 14.2. The van der Waals surface area contributed by atoms with Crippen LogP contribution in [0.15, 0.2) is 12.3 Å². The largest absolute Gasteiger partial charge is 0.289 e. The first-order valence-electron chi connectivity index (χ1n) is 6.13. The smallest absolute Gasteiger partial charge is 0.189 e. The molecule has 0 aromatic carbocycles. The molecule has 0 N–H and O–H groups in total. The van der Waals surface area contributed by atoms with Gasteiger partial charge in [-0.3, -0.25) is 14.2 Å². The maximum absolute atomic E-state index is 12.2. The van der Waals surface area contributed by atoms with Crippen molar-refractivity contribution in [2.75, 3.05) is 0 Å². The Morgan fingerprint density at radius 2 is 1.84 bits per heavy atom. The lowest BCUT2D eigenvalue weighted by Crippen LogP contribution is -1.99. The molecule has 0 saturated carbocycles. The Hall–Kier alpha value is -2.17. The number of aryl methyl sites for hydroxylation is 3. The van der Waals surface area contributed by atoms with Gasteiger partial charge in [0.2, 0.25) is 0 Å². The summed E-state index contributed by atoms with van der Waals surface area (Å²) in [5.41, 5.74) is 4.31. The summed E-state index contributed by atoms with van der Waals surface area (Å²) >= 11 is 0. The predicted molar refractivity (Wildman–Crippen MR) is 74.0 cm³/mol. The van der Waals surface area contributed by atoms with Crippen LogP contribution in [-0.4, -0.2) is 25.3 Å². The fourth-order valence-corrected chi connectivity index (χ4v) is 2.06. The summed E-state index contributed by atoms with van der Waals surface area (Å²) in [7, 11) is 3.72. The molecule has 0 aliphatic rings. The second-order valence-electron chi connectivity index (χ2n) is 4.68. The molecule has 0 radical (unpaired) electrons.